The van der Waals surface area contributed by atoms with Crippen molar-refractivity contribution in [3.63, 3.8) is 0 Å². The van der Waals surface area contributed by atoms with Crippen molar-refractivity contribution in [3.8, 4) is 12.1 Å². The van der Waals surface area contributed by atoms with E-state index < -0.39 is 35.0 Å². The molecule has 108 valence electrons. The summed E-state index contributed by atoms with van der Waals surface area (Å²) in [6.07, 6.45) is -0.386. The zero-order valence-corrected chi connectivity index (χ0v) is 11.9. The molecule has 0 amide bonds. The molecule has 7 nitrogen and oxygen atoms in total. The van der Waals surface area contributed by atoms with Gasteiger partial charge in [0.1, 0.15) is 12.1 Å². The van der Waals surface area contributed by atoms with Crippen LogP contribution in [0.4, 0.5) is 0 Å². The van der Waals surface area contributed by atoms with Crippen molar-refractivity contribution >= 4 is 49.5 Å². The van der Waals surface area contributed by atoms with E-state index in [1.807, 2.05) is 0 Å². The Hall–Kier alpha value is -0.940. The third-order valence-electron chi connectivity index (χ3n) is 2.58. The predicted octanol–water partition coefficient (Wildman–Crippen LogP) is 0.179. The number of benzene rings is 1. The van der Waals surface area contributed by atoms with E-state index in [9.17, 15) is 16.8 Å². The molecule has 1 aromatic rings. The first-order valence-corrected chi connectivity index (χ1v) is 8.38. The third kappa shape index (κ3) is 4.04. The molecule has 0 fully saturated rings. The number of sulfone groups is 1. The fourth-order valence-corrected chi connectivity index (χ4v) is 5.15. The minimum absolute atomic E-state index is 0. The molecule has 0 aliphatic rings. The molecule has 1 atom stereocenters. The van der Waals surface area contributed by atoms with Crippen molar-refractivity contribution < 1.29 is 21.4 Å². The van der Waals surface area contributed by atoms with E-state index in [4.69, 9.17) is 15.1 Å². The van der Waals surface area contributed by atoms with E-state index >= 15 is 0 Å². The van der Waals surface area contributed by atoms with Crippen LogP contribution in [0.2, 0.25) is 0 Å². The molecule has 1 aromatic carbocycles. The van der Waals surface area contributed by atoms with Gasteiger partial charge < -0.3 is 0 Å². The molecule has 1 N–H and O–H groups in total. The molecule has 0 saturated heterocycles. The quantitative estimate of drug-likeness (QED) is 0.610. The molecule has 0 aliphatic carbocycles. The van der Waals surface area contributed by atoms with Gasteiger partial charge in [-0.3, -0.25) is 4.55 Å². The Labute approximate surface area is 145 Å². The summed E-state index contributed by atoms with van der Waals surface area (Å²) in [4.78, 5) is -0.580. The summed E-state index contributed by atoms with van der Waals surface area (Å²) in [5.41, 5.74) is -0.615. The Bertz CT molecular complexity index is 819. The van der Waals surface area contributed by atoms with Gasteiger partial charge in [-0.15, -0.1) is 0 Å². The normalized spacial score (nSPS) is 12.6. The van der Waals surface area contributed by atoms with Crippen LogP contribution in [0, 0.1) is 22.7 Å². The first-order chi connectivity index (χ1) is 9.20. The first kappa shape index (κ1) is 20.1. The Balaban J connectivity index is 0.00000400. The Morgan fingerprint density at radius 2 is 1.76 bits per heavy atom. The first-order valence-electron chi connectivity index (χ1n) is 5.33. The van der Waals surface area contributed by atoms with E-state index in [1.54, 1.807) is 12.1 Å². The zero-order valence-electron chi connectivity index (χ0n) is 10.3. The fraction of sp³-hybridized carbons (Fsp3) is 0.273. The van der Waals surface area contributed by atoms with Gasteiger partial charge >= 0.3 is 29.6 Å². The van der Waals surface area contributed by atoms with Gasteiger partial charge in [-0.2, -0.15) is 18.9 Å². The summed E-state index contributed by atoms with van der Waals surface area (Å²) in [7, 11) is -9.34. The summed E-state index contributed by atoms with van der Waals surface area (Å²) < 4.78 is 53.8. The van der Waals surface area contributed by atoms with Gasteiger partial charge in [0, 0.05) is 0 Å². The van der Waals surface area contributed by atoms with Gasteiger partial charge in [0.05, 0.1) is 16.0 Å². The fourth-order valence-electron chi connectivity index (χ4n) is 1.71. The third-order valence-corrected chi connectivity index (χ3v) is 7.04. The van der Waals surface area contributed by atoms with Crippen molar-refractivity contribution in [1.82, 2.24) is 0 Å². The van der Waals surface area contributed by atoms with Gasteiger partial charge in [-0.1, -0.05) is 13.0 Å². The van der Waals surface area contributed by atoms with Crippen LogP contribution < -0.4 is 0 Å². The molecule has 0 spiro atoms. The summed E-state index contributed by atoms with van der Waals surface area (Å²) in [6, 6.07) is 6.73. The van der Waals surface area contributed by atoms with Crippen molar-refractivity contribution in [2.45, 2.75) is 22.8 Å². The Morgan fingerprint density at radius 1 is 1.19 bits per heavy atom. The molecule has 0 aromatic heterocycles. The zero-order chi connectivity index (χ0) is 15.6. The van der Waals surface area contributed by atoms with E-state index in [-0.39, 0.29) is 41.5 Å². The predicted molar refractivity (Wildman–Crippen MR) is 75.8 cm³/mol. The van der Waals surface area contributed by atoms with Crippen LogP contribution in [0.5, 0.6) is 0 Å². The Morgan fingerprint density at radius 3 is 2.14 bits per heavy atom. The maximum atomic E-state index is 12.3. The van der Waals surface area contributed by atoms with E-state index in [1.165, 1.54) is 19.1 Å². The van der Waals surface area contributed by atoms with Crippen LogP contribution in [-0.2, 0) is 20.0 Å². The van der Waals surface area contributed by atoms with Gasteiger partial charge in [0.2, 0.25) is 0 Å². The van der Waals surface area contributed by atoms with E-state index in [0.717, 1.165) is 6.07 Å². The average molecular weight is 338 g/mol. The molecule has 0 heterocycles. The summed E-state index contributed by atoms with van der Waals surface area (Å²) in [5, 5.41) is 17.8. The van der Waals surface area contributed by atoms with Crippen LogP contribution in [0.25, 0.3) is 0 Å². The molecule has 1 rings (SSSR count). The Kier molecular flexibility index (Phi) is 7.03. The monoisotopic (exact) mass is 338 g/mol. The van der Waals surface area contributed by atoms with Crippen LogP contribution in [0.1, 0.15) is 24.5 Å². The van der Waals surface area contributed by atoms with Crippen molar-refractivity contribution in [2.24, 2.45) is 0 Å². The minimum atomic E-state index is -4.85. The molecule has 21 heavy (non-hydrogen) atoms. The van der Waals surface area contributed by atoms with Crippen molar-refractivity contribution in [1.29, 1.82) is 10.5 Å². The molecular weight excluding hydrogens is 327 g/mol. The maximum absolute atomic E-state index is 12.3. The average Bonchev–Trinajstić information content (AvgIpc) is 2.36. The molecule has 0 radical (unpaired) electrons. The van der Waals surface area contributed by atoms with Crippen LogP contribution in [0.3, 0.4) is 0 Å². The summed E-state index contributed by atoms with van der Waals surface area (Å²) in [6.45, 7) is 1.27. The van der Waals surface area contributed by atoms with Gasteiger partial charge in [-0.25, -0.2) is 8.42 Å². The summed E-state index contributed by atoms with van der Waals surface area (Å²) >= 11 is 0. The topological polar surface area (TPSA) is 136 Å². The molecule has 1 unspecified atom stereocenters. The molecular formula is C11H11N2NaO5S2. The number of hydrogen-bond donors (Lipinski definition) is 1. The van der Waals surface area contributed by atoms with E-state index in [2.05, 4.69) is 0 Å². The van der Waals surface area contributed by atoms with Crippen LogP contribution >= 0.6 is 0 Å². The van der Waals surface area contributed by atoms with Crippen LogP contribution in [0.15, 0.2) is 23.1 Å². The number of hydrogen-bond acceptors (Lipinski definition) is 6. The number of rotatable bonds is 4. The standard InChI is InChI=1S/C11H10N2O5S2.Na.H/c1-2-11(20(16,17)18)19(14,15)10-5-3-4-8(6-12)9(10)7-13;;/h3-5,11H,2H2,1H3,(H,16,17,18);;. The van der Waals surface area contributed by atoms with E-state index in [0.29, 0.717) is 0 Å². The van der Waals surface area contributed by atoms with Gasteiger partial charge in [0.15, 0.2) is 14.4 Å². The van der Waals surface area contributed by atoms with Crippen molar-refractivity contribution in [2.75, 3.05) is 0 Å². The second-order valence-corrected chi connectivity index (χ2v) is 7.80. The molecule has 10 heteroatoms. The number of nitriles is 2. The molecule has 0 aliphatic heterocycles. The SMILES string of the molecule is CCC(S(=O)(=O)O)S(=O)(=O)c1cccc(C#N)c1C#N.[NaH]. The molecule has 0 bridgehead atoms. The van der Waals surface area contributed by atoms with Crippen molar-refractivity contribution in [3.05, 3.63) is 29.3 Å². The van der Waals surface area contributed by atoms with Crippen LogP contribution in [-0.4, -0.2) is 55.5 Å². The van der Waals surface area contributed by atoms with Gasteiger partial charge in [0.25, 0.3) is 10.1 Å². The number of nitrogens with zero attached hydrogens (tertiary/aromatic N) is 2. The second kappa shape index (κ2) is 7.36. The molecule has 0 saturated carbocycles. The summed E-state index contributed by atoms with van der Waals surface area (Å²) in [5.74, 6) is 0. The van der Waals surface area contributed by atoms with Gasteiger partial charge in [-0.05, 0) is 18.6 Å². The second-order valence-electron chi connectivity index (χ2n) is 3.80.